The second-order valence-electron chi connectivity index (χ2n) is 8.78. The molecule has 1 N–H and O–H groups in total. The normalized spacial score (nSPS) is 20.2. The quantitative estimate of drug-likeness (QED) is 0.546. The summed E-state index contributed by atoms with van der Waals surface area (Å²) in [6.45, 7) is 2.63. The van der Waals surface area contributed by atoms with E-state index in [4.69, 9.17) is 16.3 Å². The van der Waals surface area contributed by atoms with Gasteiger partial charge in [0.25, 0.3) is 0 Å². The van der Waals surface area contributed by atoms with Gasteiger partial charge in [0.05, 0.1) is 17.8 Å². The van der Waals surface area contributed by atoms with Crippen LogP contribution >= 0.6 is 11.6 Å². The highest BCUT2D eigenvalue weighted by atomic mass is 35.5. The molecule has 4 nitrogen and oxygen atoms in total. The van der Waals surface area contributed by atoms with Crippen LogP contribution in [-0.2, 0) is 5.60 Å². The summed E-state index contributed by atoms with van der Waals surface area (Å²) in [6.07, 6.45) is 1.01. The molecule has 1 unspecified atom stereocenters. The summed E-state index contributed by atoms with van der Waals surface area (Å²) < 4.78 is 33.6. The minimum atomic E-state index is -0.871. The maximum absolute atomic E-state index is 13.9. The van der Waals surface area contributed by atoms with E-state index >= 15 is 0 Å². The van der Waals surface area contributed by atoms with Crippen molar-refractivity contribution in [3.8, 4) is 5.75 Å². The molecule has 1 fully saturated rings. The van der Waals surface area contributed by atoms with Gasteiger partial charge in [-0.2, -0.15) is 0 Å². The lowest BCUT2D eigenvalue weighted by atomic mass is 9.84. The Morgan fingerprint density at radius 2 is 1.61 bits per heavy atom. The van der Waals surface area contributed by atoms with E-state index in [1.807, 2.05) is 17.0 Å². The number of hydrogen-bond donors (Lipinski definition) is 1. The van der Waals surface area contributed by atoms with E-state index in [-0.39, 0.29) is 17.7 Å². The molecule has 1 atom stereocenters. The van der Waals surface area contributed by atoms with Crippen molar-refractivity contribution in [3.05, 3.63) is 89.0 Å². The number of piperidine rings is 1. The summed E-state index contributed by atoms with van der Waals surface area (Å²) in [6, 6.07) is 18.1. The van der Waals surface area contributed by atoms with Crippen LogP contribution in [0.4, 0.5) is 20.2 Å². The summed E-state index contributed by atoms with van der Waals surface area (Å²) in [7, 11) is 0. The summed E-state index contributed by atoms with van der Waals surface area (Å²) in [5, 5.41) is 11.8. The molecule has 2 aliphatic rings. The molecule has 2 heterocycles. The molecule has 0 aliphatic carbocycles. The van der Waals surface area contributed by atoms with Gasteiger partial charge in [-0.3, -0.25) is 4.90 Å². The molecule has 0 radical (unpaired) electrons. The Morgan fingerprint density at radius 1 is 0.939 bits per heavy atom. The number of hydrogen-bond acceptors (Lipinski definition) is 4. The molecule has 3 aromatic carbocycles. The number of anilines is 2. The molecule has 33 heavy (non-hydrogen) atoms. The molecule has 0 aromatic heterocycles. The maximum atomic E-state index is 13.9. The van der Waals surface area contributed by atoms with Crippen LogP contribution < -0.4 is 9.64 Å². The van der Waals surface area contributed by atoms with E-state index in [1.54, 1.807) is 30.3 Å². The zero-order chi connectivity index (χ0) is 23.0. The Bertz CT molecular complexity index is 1120. The van der Waals surface area contributed by atoms with Gasteiger partial charge in [-0.05, 0) is 66.9 Å². The predicted molar refractivity (Wildman–Crippen MR) is 125 cm³/mol. The number of ether oxygens (including phenoxy) is 1. The fourth-order valence-corrected chi connectivity index (χ4v) is 4.85. The summed E-state index contributed by atoms with van der Waals surface area (Å²) in [5.41, 5.74) is 1.60. The highest BCUT2D eigenvalue weighted by Gasteiger charge is 2.36. The number of likely N-dealkylation sites (tertiary alicyclic amines) is 1. The molecule has 3 aromatic rings. The van der Waals surface area contributed by atoms with Gasteiger partial charge in [-0.25, -0.2) is 8.78 Å². The number of aliphatic hydroxyl groups is 1. The summed E-state index contributed by atoms with van der Waals surface area (Å²) in [5.74, 6) is -0.186. The number of fused-ring (bicyclic) bond motifs is 1. The van der Waals surface area contributed by atoms with Gasteiger partial charge in [0.2, 0.25) is 0 Å². The van der Waals surface area contributed by atoms with Crippen LogP contribution in [0.15, 0.2) is 66.7 Å². The Hall–Kier alpha value is -2.67. The van der Waals surface area contributed by atoms with E-state index in [0.717, 1.165) is 16.9 Å². The van der Waals surface area contributed by atoms with Gasteiger partial charge < -0.3 is 14.7 Å². The van der Waals surface area contributed by atoms with Crippen LogP contribution in [0.25, 0.3) is 0 Å². The molecule has 0 saturated carbocycles. The molecule has 172 valence electrons. The zero-order valence-corrected chi connectivity index (χ0v) is 18.8. The molecular weight excluding hydrogens is 446 g/mol. The minimum Gasteiger partial charge on any atom is -0.485 e. The molecule has 7 heteroatoms. The van der Waals surface area contributed by atoms with Crippen molar-refractivity contribution in [3.63, 3.8) is 0 Å². The number of rotatable bonds is 4. The van der Waals surface area contributed by atoms with Crippen molar-refractivity contribution >= 4 is 23.0 Å². The number of nitrogens with zero attached hydrogens (tertiary/aromatic N) is 2. The number of halogens is 3. The van der Waals surface area contributed by atoms with Crippen molar-refractivity contribution in [2.75, 3.05) is 31.1 Å². The first kappa shape index (κ1) is 22.1. The fourth-order valence-electron chi connectivity index (χ4n) is 4.73. The molecule has 0 bridgehead atoms. The smallest absolute Gasteiger partial charge is 0.146 e. The zero-order valence-electron chi connectivity index (χ0n) is 18.1. The average Bonchev–Trinajstić information content (AvgIpc) is 2.81. The highest BCUT2D eigenvalue weighted by Crippen LogP contribution is 2.39. The fraction of sp³-hybridized carbons (Fsp3) is 0.308. The van der Waals surface area contributed by atoms with E-state index in [1.165, 1.54) is 24.3 Å². The van der Waals surface area contributed by atoms with Gasteiger partial charge in [0, 0.05) is 36.4 Å². The topological polar surface area (TPSA) is 35.9 Å². The minimum absolute atomic E-state index is 0.203. The SMILES string of the molecule is OC1(c2ccc(Cl)cc2)CCN(CC2CN(c3ccc(F)cc3)c3ccc(F)cc3O2)CC1. The van der Waals surface area contributed by atoms with Crippen molar-refractivity contribution in [1.82, 2.24) is 4.90 Å². The largest absolute Gasteiger partial charge is 0.485 e. The van der Waals surface area contributed by atoms with Crippen LogP contribution in [0.2, 0.25) is 5.02 Å². The molecule has 2 aliphatic heterocycles. The van der Waals surface area contributed by atoms with Gasteiger partial charge in [-0.1, -0.05) is 23.7 Å². The lowest BCUT2D eigenvalue weighted by molar-refractivity contribution is -0.0324. The monoisotopic (exact) mass is 470 g/mol. The molecule has 0 amide bonds. The van der Waals surface area contributed by atoms with E-state index in [2.05, 4.69) is 4.90 Å². The second-order valence-corrected chi connectivity index (χ2v) is 9.21. The van der Waals surface area contributed by atoms with Gasteiger partial charge in [-0.15, -0.1) is 0 Å². The first-order valence-electron chi connectivity index (χ1n) is 11.1. The highest BCUT2D eigenvalue weighted by molar-refractivity contribution is 6.30. The summed E-state index contributed by atoms with van der Waals surface area (Å²) >= 11 is 5.99. The van der Waals surface area contributed by atoms with Gasteiger partial charge in [0.15, 0.2) is 0 Å². The Morgan fingerprint density at radius 3 is 2.30 bits per heavy atom. The lowest BCUT2D eigenvalue weighted by Crippen LogP contribution is -2.49. The third-order valence-electron chi connectivity index (χ3n) is 6.56. The van der Waals surface area contributed by atoms with Crippen LogP contribution in [0.3, 0.4) is 0 Å². The molecule has 1 saturated heterocycles. The van der Waals surface area contributed by atoms with Gasteiger partial charge in [0.1, 0.15) is 23.5 Å². The van der Waals surface area contributed by atoms with E-state index in [9.17, 15) is 13.9 Å². The van der Waals surface area contributed by atoms with Crippen molar-refractivity contribution in [1.29, 1.82) is 0 Å². The second kappa shape index (κ2) is 8.93. The van der Waals surface area contributed by atoms with Gasteiger partial charge >= 0.3 is 0 Å². The summed E-state index contributed by atoms with van der Waals surface area (Å²) in [4.78, 5) is 4.30. The van der Waals surface area contributed by atoms with Crippen molar-refractivity contribution in [2.24, 2.45) is 0 Å². The van der Waals surface area contributed by atoms with Crippen LogP contribution in [0.5, 0.6) is 5.75 Å². The maximum Gasteiger partial charge on any atom is 0.146 e. The van der Waals surface area contributed by atoms with Crippen molar-refractivity contribution in [2.45, 2.75) is 24.5 Å². The standard InChI is InChI=1S/C26H25ClF2N2O2/c27-19-3-1-18(2-4-19)26(32)11-13-30(14-12-26)16-23-17-31(22-8-5-20(28)6-9-22)24-10-7-21(29)15-25(24)33-23/h1-10,15,23,32H,11-14,16-17H2. The van der Waals surface area contributed by atoms with E-state index < -0.39 is 5.60 Å². The van der Waals surface area contributed by atoms with Crippen LogP contribution in [-0.4, -0.2) is 42.3 Å². The predicted octanol–water partition coefficient (Wildman–Crippen LogP) is 5.50. The first-order valence-corrected chi connectivity index (χ1v) is 11.5. The molecular formula is C26H25ClF2N2O2. The molecule has 0 spiro atoms. The Balaban J connectivity index is 1.30. The lowest BCUT2D eigenvalue weighted by Gasteiger charge is -2.42. The Kier molecular flexibility index (Phi) is 5.99. The van der Waals surface area contributed by atoms with E-state index in [0.29, 0.717) is 49.8 Å². The average molecular weight is 471 g/mol. The first-order chi connectivity index (χ1) is 15.9. The van der Waals surface area contributed by atoms with Crippen molar-refractivity contribution < 1.29 is 18.6 Å². The number of benzene rings is 3. The third-order valence-corrected chi connectivity index (χ3v) is 6.81. The third kappa shape index (κ3) is 4.69. The van der Waals surface area contributed by atoms with Crippen LogP contribution in [0, 0.1) is 11.6 Å². The molecule has 5 rings (SSSR count). The van der Waals surface area contributed by atoms with Crippen LogP contribution in [0.1, 0.15) is 18.4 Å². The Labute approximate surface area is 197 Å².